The maximum atomic E-state index is 4.46. The highest BCUT2D eigenvalue weighted by Gasteiger charge is 2.26. The maximum Gasteiger partial charge on any atom is 0.0346 e. The predicted molar refractivity (Wildman–Crippen MR) is 530 cm³/mol. The van der Waals surface area contributed by atoms with Crippen molar-refractivity contribution in [3.63, 3.8) is 0 Å². The number of hydrogen-bond acceptors (Lipinski definition) is 8. The minimum Gasteiger partial charge on any atom is -0.265 e. The molecule has 8 aromatic heterocycles. The molecule has 0 atom stereocenters. The van der Waals surface area contributed by atoms with Crippen LogP contribution in [0.15, 0.2) is 463 Å². The van der Waals surface area contributed by atoms with Crippen LogP contribution in [-0.2, 0) is 0 Å². The molecule has 0 amide bonds. The van der Waals surface area contributed by atoms with Crippen molar-refractivity contribution in [3.05, 3.63) is 463 Å². The molecule has 0 spiro atoms. The van der Waals surface area contributed by atoms with Gasteiger partial charge in [0, 0.05) is 121 Å². The predicted octanol–water partition coefficient (Wildman–Crippen LogP) is 31.0. The Bertz CT molecular complexity index is 6820. The van der Waals surface area contributed by atoms with E-state index in [0.29, 0.717) is 0 Å². The van der Waals surface area contributed by atoms with Crippen molar-refractivity contribution in [1.82, 2.24) is 39.9 Å². The number of nitrogens with zero attached hydrogens (tertiary/aromatic N) is 8. The highest BCUT2D eigenvalue weighted by molar-refractivity contribution is 6.34. The lowest BCUT2D eigenvalue weighted by atomic mass is 9.81. The summed E-state index contributed by atoms with van der Waals surface area (Å²) in [6, 6.07) is 133. The van der Waals surface area contributed by atoms with Gasteiger partial charge in [-0.05, 0) is 366 Å². The Morgan fingerprint density at radius 3 is 0.406 bits per heavy atom. The second-order valence-electron chi connectivity index (χ2n) is 32.6. The summed E-state index contributed by atoms with van der Waals surface area (Å²) < 4.78 is 0. The minimum absolute atomic E-state index is 1.09. The van der Waals surface area contributed by atoms with E-state index in [-0.39, 0.29) is 0 Å². The molecular weight excluding hydrogens is 1550 g/mol. The first-order valence-electron chi connectivity index (χ1n) is 43.1. The number of benzene rings is 16. The van der Waals surface area contributed by atoms with Gasteiger partial charge in [0.2, 0.25) is 0 Å². The third kappa shape index (κ3) is 14.2. The molecule has 8 nitrogen and oxygen atoms in total. The Morgan fingerprint density at radius 2 is 0.250 bits per heavy atom. The summed E-state index contributed by atoms with van der Waals surface area (Å²) in [5, 5.41) is 14.7. The van der Waals surface area contributed by atoms with E-state index in [4.69, 9.17) is 0 Å². The van der Waals surface area contributed by atoms with Crippen molar-refractivity contribution in [1.29, 1.82) is 0 Å². The van der Waals surface area contributed by atoms with Crippen LogP contribution in [0.3, 0.4) is 0 Å². The molecule has 0 aliphatic heterocycles. The van der Waals surface area contributed by atoms with Crippen LogP contribution in [-0.4, -0.2) is 39.9 Å². The minimum atomic E-state index is 1.09. The van der Waals surface area contributed by atoms with Crippen LogP contribution in [0.25, 0.3) is 243 Å². The van der Waals surface area contributed by atoms with Crippen LogP contribution in [0, 0.1) is 0 Å². The Morgan fingerprint density at radius 1 is 0.102 bits per heavy atom. The molecule has 24 rings (SSSR count). The van der Waals surface area contributed by atoms with Crippen molar-refractivity contribution in [2.45, 2.75) is 0 Å². The number of pyridine rings is 8. The molecule has 0 aliphatic carbocycles. The topological polar surface area (TPSA) is 103 Å². The zero-order valence-corrected chi connectivity index (χ0v) is 69.5. The lowest BCUT2D eigenvalue weighted by molar-refractivity contribution is 1.33. The van der Waals surface area contributed by atoms with E-state index in [1.807, 2.05) is 123 Å². The highest BCUT2D eigenvalue weighted by Crippen LogP contribution is 2.53. The summed E-state index contributed by atoms with van der Waals surface area (Å²) in [5.41, 5.74) is 36.7. The summed E-state index contributed by atoms with van der Waals surface area (Å²) in [6.45, 7) is 0. The van der Waals surface area contributed by atoms with Crippen LogP contribution in [0.4, 0.5) is 0 Å². The molecule has 0 aliphatic rings. The molecule has 8 heterocycles. The normalized spacial score (nSPS) is 11.4. The standard InChI is InChI=1S/2C60H38N4/c1-9-39(47-17-5-25-61-35-47)29-43(13-1)55-33-56(44-14-2-10-40(30-44)48-18-6-26-62-36-48)52-23-24-54-58(46-16-4-12-42(32-46)50-20-8-28-64-38-50)34-57(53-22-21-51(55)59(52)60(53)54)45-15-3-11-41(31-45)49-19-7-27-63-37-49;1-5-43(39-17-25-61-26-18-39)33-47(9-1)55-37-56(48-10-2-6-44(34-48)40-19-27-62-28-20-40)52-15-16-54-58(50-12-4-8-46(36-50)42-23-31-64-32-24-42)38-57(53-14-13-51(55)59(52)60(53)54)49-11-3-7-45(35-49)41-21-29-63-30-22-41/h2*1-38H. The monoisotopic (exact) mass is 1630 g/mol. The van der Waals surface area contributed by atoms with E-state index >= 15 is 0 Å². The molecule has 16 aromatic carbocycles. The molecule has 0 fully saturated rings. The Balaban J connectivity index is 0.000000146. The van der Waals surface area contributed by atoms with E-state index in [1.165, 1.54) is 109 Å². The fraction of sp³-hybridized carbons (Fsp3) is 0. The Hall–Kier alpha value is -17.2. The summed E-state index contributed by atoms with van der Waals surface area (Å²) in [5.74, 6) is 0. The summed E-state index contributed by atoms with van der Waals surface area (Å²) >= 11 is 0. The number of aromatic nitrogens is 8. The average molecular weight is 1630 g/mol. The molecule has 596 valence electrons. The molecule has 8 heteroatoms. The fourth-order valence-electron chi connectivity index (χ4n) is 19.1. The maximum absolute atomic E-state index is 4.46. The van der Waals surface area contributed by atoms with Gasteiger partial charge in [-0.1, -0.05) is 218 Å². The molecule has 0 saturated heterocycles. The van der Waals surface area contributed by atoms with Crippen molar-refractivity contribution in [2.75, 3.05) is 0 Å². The molecule has 0 radical (unpaired) electrons. The zero-order chi connectivity index (χ0) is 84.8. The zero-order valence-electron chi connectivity index (χ0n) is 69.5. The van der Waals surface area contributed by atoms with Gasteiger partial charge in [-0.3, -0.25) is 39.9 Å². The van der Waals surface area contributed by atoms with Crippen LogP contribution in [0.5, 0.6) is 0 Å². The van der Waals surface area contributed by atoms with Crippen molar-refractivity contribution in [2.24, 2.45) is 0 Å². The van der Waals surface area contributed by atoms with E-state index in [9.17, 15) is 0 Å². The van der Waals surface area contributed by atoms with Gasteiger partial charge in [0.05, 0.1) is 0 Å². The second kappa shape index (κ2) is 32.9. The lowest BCUT2D eigenvalue weighted by Crippen LogP contribution is -1.95. The van der Waals surface area contributed by atoms with Gasteiger partial charge in [0.25, 0.3) is 0 Å². The summed E-state index contributed by atoms with van der Waals surface area (Å²) in [7, 11) is 0. The molecule has 128 heavy (non-hydrogen) atoms. The quantitative estimate of drug-likeness (QED) is 0.0882. The Kier molecular flexibility index (Phi) is 19.5. The van der Waals surface area contributed by atoms with Crippen LogP contribution >= 0.6 is 0 Å². The molecule has 0 N–H and O–H groups in total. The lowest BCUT2D eigenvalue weighted by Gasteiger charge is -2.22. The second-order valence-corrected chi connectivity index (χ2v) is 32.6. The van der Waals surface area contributed by atoms with Gasteiger partial charge in [0.1, 0.15) is 0 Å². The highest BCUT2D eigenvalue weighted by atomic mass is 14.6. The van der Waals surface area contributed by atoms with Crippen LogP contribution in [0.1, 0.15) is 0 Å². The van der Waals surface area contributed by atoms with Gasteiger partial charge in [0.15, 0.2) is 0 Å². The first kappa shape index (κ1) is 75.7. The van der Waals surface area contributed by atoms with Crippen molar-refractivity contribution < 1.29 is 0 Å². The smallest absolute Gasteiger partial charge is 0.0346 e. The van der Waals surface area contributed by atoms with E-state index < -0.39 is 0 Å². The SMILES string of the molecule is c1cc(-c2ccncc2)cc(-c2cc(-c3cccc(-c4ccncc4)c3)c3ccc4c(-c5cccc(-c6ccncc6)c5)cc(-c5cccc(-c6ccncc6)c5)c5ccc2c3c54)c1.c1cncc(-c2cccc(-c3cc(-c4cccc(-c5cccnc5)c4)c4ccc5c(-c6cccc(-c7cccnc7)c6)cc(-c6cccc(-c7cccnc7)c6)c6ccc3c4c65)c2)c1. The molecule has 0 saturated carbocycles. The van der Waals surface area contributed by atoms with E-state index in [1.54, 1.807) is 0 Å². The number of rotatable bonds is 16. The van der Waals surface area contributed by atoms with Gasteiger partial charge in [-0.15, -0.1) is 0 Å². The fourth-order valence-corrected chi connectivity index (χ4v) is 19.1. The van der Waals surface area contributed by atoms with Crippen LogP contribution in [0.2, 0.25) is 0 Å². The molecule has 0 bridgehead atoms. The van der Waals surface area contributed by atoms with Gasteiger partial charge >= 0.3 is 0 Å². The summed E-state index contributed by atoms with van der Waals surface area (Å²) in [6.07, 6.45) is 30.0. The largest absolute Gasteiger partial charge is 0.265 e. The third-order valence-corrected chi connectivity index (χ3v) is 25.2. The van der Waals surface area contributed by atoms with Gasteiger partial charge in [-0.25, -0.2) is 0 Å². The van der Waals surface area contributed by atoms with Crippen molar-refractivity contribution in [3.8, 4) is 178 Å². The van der Waals surface area contributed by atoms with Gasteiger partial charge < -0.3 is 0 Å². The number of hydrogen-bond donors (Lipinski definition) is 0. The third-order valence-electron chi connectivity index (χ3n) is 25.2. The first-order valence-corrected chi connectivity index (χ1v) is 43.1. The Labute approximate surface area is 740 Å². The van der Waals surface area contributed by atoms with E-state index in [2.05, 4.69) is 380 Å². The first-order chi connectivity index (χ1) is 63.5. The average Bonchev–Trinajstić information content (AvgIpc) is 0.709. The molecule has 0 unspecified atom stereocenters. The molecular formula is C120H76N8. The van der Waals surface area contributed by atoms with Crippen LogP contribution < -0.4 is 0 Å². The van der Waals surface area contributed by atoms with E-state index in [0.717, 1.165) is 134 Å². The summed E-state index contributed by atoms with van der Waals surface area (Å²) in [4.78, 5) is 35.0. The van der Waals surface area contributed by atoms with Gasteiger partial charge in [-0.2, -0.15) is 0 Å². The van der Waals surface area contributed by atoms with Crippen molar-refractivity contribution >= 4 is 64.6 Å². The molecule has 24 aromatic rings.